The van der Waals surface area contributed by atoms with Crippen LogP contribution in [0.5, 0.6) is 5.75 Å². The number of non-ortho nitro benzene ring substituents is 1. The highest BCUT2D eigenvalue weighted by Crippen LogP contribution is 2.31. The topological polar surface area (TPSA) is 90.5 Å². The maximum absolute atomic E-state index is 12.9. The molecule has 1 aromatic heterocycles. The van der Waals surface area contributed by atoms with E-state index in [4.69, 9.17) is 4.74 Å². The van der Waals surface area contributed by atoms with Gasteiger partial charge in [-0.3, -0.25) is 19.5 Å². The van der Waals surface area contributed by atoms with Crippen LogP contribution in [0.2, 0.25) is 0 Å². The summed E-state index contributed by atoms with van der Waals surface area (Å²) in [6, 6.07) is 12.3. The minimum Gasteiger partial charge on any atom is -0.497 e. The molecule has 0 unspecified atom stereocenters. The zero-order valence-corrected chi connectivity index (χ0v) is 17.2. The number of ether oxygens (including phenoxy) is 1. The van der Waals surface area contributed by atoms with E-state index in [-0.39, 0.29) is 17.3 Å². The predicted octanol–water partition coefficient (Wildman–Crippen LogP) is 3.86. The molecule has 2 aromatic carbocycles. The summed E-state index contributed by atoms with van der Waals surface area (Å²) in [4.78, 5) is 29.6. The Morgan fingerprint density at radius 3 is 2.80 bits per heavy atom. The van der Waals surface area contributed by atoms with E-state index >= 15 is 0 Å². The lowest BCUT2D eigenvalue weighted by atomic mass is 10.0. The minimum absolute atomic E-state index is 0.0425. The minimum atomic E-state index is -0.407. The first-order valence-corrected chi connectivity index (χ1v) is 10.4. The molecule has 2 heterocycles. The summed E-state index contributed by atoms with van der Waals surface area (Å²) < 4.78 is 7.12. The maximum atomic E-state index is 12.9. The van der Waals surface area contributed by atoms with Gasteiger partial charge in [0.15, 0.2) is 5.16 Å². The molecule has 9 heteroatoms. The van der Waals surface area contributed by atoms with E-state index in [0.29, 0.717) is 6.54 Å². The van der Waals surface area contributed by atoms with Crippen LogP contribution in [0.25, 0.3) is 5.69 Å². The molecule has 1 aliphatic rings. The summed E-state index contributed by atoms with van der Waals surface area (Å²) in [5.41, 5.74) is 2.59. The number of imidazole rings is 1. The zero-order valence-electron chi connectivity index (χ0n) is 16.4. The van der Waals surface area contributed by atoms with Crippen molar-refractivity contribution in [2.24, 2.45) is 0 Å². The zero-order chi connectivity index (χ0) is 21.1. The lowest BCUT2D eigenvalue weighted by Crippen LogP contribution is -2.36. The van der Waals surface area contributed by atoms with Crippen molar-refractivity contribution >= 4 is 29.0 Å². The van der Waals surface area contributed by atoms with E-state index in [1.165, 1.54) is 17.8 Å². The van der Waals surface area contributed by atoms with Crippen LogP contribution in [0.4, 0.5) is 11.4 Å². The number of nitrogens with zero attached hydrogens (tertiary/aromatic N) is 4. The molecule has 3 aromatic rings. The first-order valence-electron chi connectivity index (χ1n) is 9.45. The number of benzene rings is 2. The van der Waals surface area contributed by atoms with Gasteiger partial charge in [0.1, 0.15) is 5.75 Å². The van der Waals surface area contributed by atoms with Crippen molar-refractivity contribution in [3.05, 3.63) is 70.5 Å². The fourth-order valence-corrected chi connectivity index (χ4v) is 4.35. The Morgan fingerprint density at radius 1 is 1.27 bits per heavy atom. The van der Waals surface area contributed by atoms with E-state index in [2.05, 4.69) is 4.98 Å². The largest absolute Gasteiger partial charge is 0.497 e. The number of carbonyl (C=O) groups is 1. The van der Waals surface area contributed by atoms with Crippen molar-refractivity contribution in [2.75, 3.05) is 24.3 Å². The lowest BCUT2D eigenvalue weighted by molar-refractivity contribution is -0.384. The summed E-state index contributed by atoms with van der Waals surface area (Å²) in [5, 5.41) is 11.7. The molecule has 1 amide bonds. The Kier molecular flexibility index (Phi) is 5.71. The van der Waals surface area contributed by atoms with Gasteiger partial charge in [-0.05, 0) is 48.7 Å². The molecule has 154 valence electrons. The van der Waals surface area contributed by atoms with Crippen molar-refractivity contribution in [1.29, 1.82) is 0 Å². The summed E-state index contributed by atoms with van der Waals surface area (Å²) in [6.45, 7) is 0.608. The smallest absolute Gasteiger partial charge is 0.269 e. The molecular weight excluding hydrogens is 404 g/mol. The van der Waals surface area contributed by atoms with Crippen molar-refractivity contribution in [1.82, 2.24) is 9.55 Å². The average Bonchev–Trinajstić information content (AvgIpc) is 3.25. The Labute approximate surface area is 177 Å². The van der Waals surface area contributed by atoms with Gasteiger partial charge in [0.2, 0.25) is 5.91 Å². The Bertz CT molecular complexity index is 1080. The Morgan fingerprint density at radius 2 is 2.07 bits per heavy atom. The van der Waals surface area contributed by atoms with Crippen molar-refractivity contribution < 1.29 is 14.5 Å². The highest BCUT2D eigenvalue weighted by Gasteiger charge is 2.24. The molecule has 0 bridgehead atoms. The van der Waals surface area contributed by atoms with E-state index < -0.39 is 4.92 Å². The monoisotopic (exact) mass is 424 g/mol. The van der Waals surface area contributed by atoms with Crippen LogP contribution in [0.1, 0.15) is 12.0 Å². The Hall–Kier alpha value is -3.33. The molecule has 0 N–H and O–H groups in total. The van der Waals surface area contributed by atoms with E-state index in [1.54, 1.807) is 30.3 Å². The second-order valence-electron chi connectivity index (χ2n) is 6.79. The second-order valence-corrected chi connectivity index (χ2v) is 7.73. The lowest BCUT2D eigenvalue weighted by Gasteiger charge is -2.29. The molecule has 30 heavy (non-hydrogen) atoms. The number of hydrogen-bond acceptors (Lipinski definition) is 6. The van der Waals surface area contributed by atoms with E-state index in [1.807, 2.05) is 35.0 Å². The number of thioether (sulfide) groups is 1. The molecule has 0 atom stereocenters. The van der Waals surface area contributed by atoms with Crippen molar-refractivity contribution in [2.45, 2.75) is 18.0 Å². The van der Waals surface area contributed by atoms with Crippen LogP contribution in [-0.2, 0) is 11.2 Å². The molecule has 4 rings (SSSR count). The summed E-state index contributed by atoms with van der Waals surface area (Å²) >= 11 is 1.36. The van der Waals surface area contributed by atoms with Crippen LogP contribution in [0, 0.1) is 10.1 Å². The van der Waals surface area contributed by atoms with Crippen LogP contribution in [0.15, 0.2) is 60.0 Å². The summed E-state index contributed by atoms with van der Waals surface area (Å²) in [5.74, 6) is 0.954. The van der Waals surface area contributed by atoms with Gasteiger partial charge in [-0.15, -0.1) is 0 Å². The van der Waals surface area contributed by atoms with Gasteiger partial charge >= 0.3 is 0 Å². The number of anilines is 1. The molecule has 0 saturated heterocycles. The number of methoxy groups -OCH3 is 1. The van der Waals surface area contributed by atoms with Crippen LogP contribution in [0.3, 0.4) is 0 Å². The Balaban J connectivity index is 1.48. The van der Waals surface area contributed by atoms with Crippen LogP contribution >= 0.6 is 11.8 Å². The third-order valence-electron chi connectivity index (χ3n) is 4.98. The van der Waals surface area contributed by atoms with Gasteiger partial charge in [0.25, 0.3) is 5.69 Å². The predicted molar refractivity (Wildman–Crippen MR) is 115 cm³/mol. The van der Waals surface area contributed by atoms with Gasteiger partial charge in [-0.1, -0.05) is 11.8 Å². The van der Waals surface area contributed by atoms with Gasteiger partial charge in [0.05, 0.1) is 17.8 Å². The molecule has 8 nitrogen and oxygen atoms in total. The second kappa shape index (κ2) is 8.58. The number of nitro benzene ring substituents is 1. The average molecular weight is 424 g/mol. The normalized spacial score (nSPS) is 13.0. The van der Waals surface area contributed by atoms with E-state index in [0.717, 1.165) is 40.7 Å². The van der Waals surface area contributed by atoms with Gasteiger partial charge < -0.3 is 9.64 Å². The fraction of sp³-hybridized carbons (Fsp3) is 0.238. The number of hydrogen-bond donors (Lipinski definition) is 0. The molecule has 0 saturated carbocycles. The first kappa shape index (κ1) is 20.0. The van der Waals surface area contributed by atoms with Crippen molar-refractivity contribution in [3.63, 3.8) is 0 Å². The number of nitro groups is 1. The fourth-order valence-electron chi connectivity index (χ4n) is 3.50. The van der Waals surface area contributed by atoms with Crippen LogP contribution in [-0.4, -0.2) is 39.8 Å². The first-order chi connectivity index (χ1) is 14.6. The SMILES string of the molecule is COc1ccc(-n2ccnc2SCC(=O)N2CCCc3cc([N+](=O)[O-])ccc32)cc1. The molecule has 0 spiro atoms. The quantitative estimate of drug-likeness (QED) is 0.339. The highest BCUT2D eigenvalue weighted by molar-refractivity contribution is 7.99. The van der Waals surface area contributed by atoms with Gasteiger partial charge in [0, 0.05) is 42.4 Å². The van der Waals surface area contributed by atoms with Gasteiger partial charge in [-0.25, -0.2) is 4.98 Å². The molecular formula is C21H20N4O4S. The third kappa shape index (κ3) is 4.02. The molecule has 0 fully saturated rings. The summed E-state index contributed by atoms with van der Waals surface area (Å²) in [6.07, 6.45) is 5.07. The molecule has 0 radical (unpaired) electrons. The van der Waals surface area contributed by atoms with E-state index in [9.17, 15) is 14.9 Å². The number of carbonyl (C=O) groups excluding carboxylic acids is 1. The van der Waals surface area contributed by atoms with Crippen LogP contribution < -0.4 is 9.64 Å². The highest BCUT2D eigenvalue weighted by atomic mass is 32.2. The van der Waals surface area contributed by atoms with Gasteiger partial charge in [-0.2, -0.15) is 0 Å². The number of aryl methyl sites for hydroxylation is 1. The van der Waals surface area contributed by atoms with Crippen molar-refractivity contribution in [3.8, 4) is 11.4 Å². The number of aromatic nitrogens is 2. The summed E-state index contributed by atoms with van der Waals surface area (Å²) in [7, 11) is 1.62. The number of amides is 1. The number of rotatable bonds is 6. The molecule has 0 aliphatic carbocycles. The number of fused-ring (bicyclic) bond motifs is 1. The maximum Gasteiger partial charge on any atom is 0.269 e. The standard InChI is InChI=1S/C21H20N4O4S/c1-29-18-7-4-16(5-8-18)23-12-10-22-21(23)30-14-20(26)24-11-2-3-15-13-17(25(27)28)6-9-19(15)24/h4-10,12-13H,2-3,11,14H2,1H3. The molecule has 1 aliphatic heterocycles. The third-order valence-corrected chi connectivity index (χ3v) is 5.93.